The van der Waals surface area contributed by atoms with Crippen LogP contribution in [0.25, 0.3) is 0 Å². The normalized spacial score (nSPS) is 11.5. The zero-order valence-electron chi connectivity index (χ0n) is 13.8. The largest absolute Gasteiger partial charge is 0.449 e. The SMILES string of the molecule is CC(OC(=O)c1ccccc1SCC(N)=O)C(=O)Nc1ccc(Cl)cn1. The summed E-state index contributed by atoms with van der Waals surface area (Å²) in [4.78, 5) is 39.9. The molecule has 0 aliphatic carbocycles. The number of carbonyl (C=O) groups is 3. The number of esters is 1. The minimum Gasteiger partial charge on any atom is -0.449 e. The predicted molar refractivity (Wildman–Crippen MR) is 99.1 cm³/mol. The fourth-order valence-electron chi connectivity index (χ4n) is 1.87. The molecule has 0 fully saturated rings. The second-order valence-electron chi connectivity index (χ2n) is 5.15. The lowest BCUT2D eigenvalue weighted by atomic mass is 10.2. The number of pyridine rings is 1. The summed E-state index contributed by atoms with van der Waals surface area (Å²) in [7, 11) is 0. The maximum absolute atomic E-state index is 12.4. The lowest BCUT2D eigenvalue weighted by molar-refractivity contribution is -0.123. The summed E-state index contributed by atoms with van der Waals surface area (Å²) >= 11 is 6.86. The standard InChI is InChI=1S/C17H16ClN3O4S/c1-10(16(23)21-15-7-6-11(18)8-20-15)25-17(24)12-4-2-3-5-13(12)26-9-14(19)22/h2-8,10H,9H2,1H3,(H2,19,22)(H,20,21,23). The van der Waals surface area contributed by atoms with Crippen LogP contribution in [0.3, 0.4) is 0 Å². The fourth-order valence-corrected chi connectivity index (χ4v) is 2.76. The van der Waals surface area contributed by atoms with Crippen LogP contribution in [-0.4, -0.2) is 34.6 Å². The number of ether oxygens (including phenoxy) is 1. The van der Waals surface area contributed by atoms with Gasteiger partial charge in [-0.15, -0.1) is 11.8 Å². The Morgan fingerprint density at radius 1 is 1.27 bits per heavy atom. The van der Waals surface area contributed by atoms with E-state index in [1.807, 2.05) is 0 Å². The molecule has 0 saturated carbocycles. The molecular weight excluding hydrogens is 378 g/mol. The van der Waals surface area contributed by atoms with Crippen molar-refractivity contribution >= 4 is 47.0 Å². The van der Waals surface area contributed by atoms with Crippen molar-refractivity contribution in [3.05, 3.63) is 53.2 Å². The van der Waals surface area contributed by atoms with Crippen LogP contribution in [-0.2, 0) is 14.3 Å². The second kappa shape index (κ2) is 9.21. The van der Waals surface area contributed by atoms with Gasteiger partial charge in [-0.25, -0.2) is 9.78 Å². The van der Waals surface area contributed by atoms with Gasteiger partial charge < -0.3 is 15.8 Å². The molecule has 0 bridgehead atoms. The summed E-state index contributed by atoms with van der Waals surface area (Å²) in [5.74, 6) is -1.39. The van der Waals surface area contributed by atoms with Gasteiger partial charge in [0.25, 0.3) is 5.91 Å². The van der Waals surface area contributed by atoms with E-state index < -0.39 is 23.9 Å². The van der Waals surface area contributed by atoms with Crippen molar-refractivity contribution in [3.63, 3.8) is 0 Å². The first kappa shape index (κ1) is 19.7. The molecule has 2 amide bonds. The Kier molecular flexibility index (Phi) is 6.99. The number of nitrogens with one attached hydrogen (secondary N) is 1. The zero-order valence-corrected chi connectivity index (χ0v) is 15.3. The van der Waals surface area contributed by atoms with Gasteiger partial charge in [0.05, 0.1) is 16.3 Å². The van der Waals surface area contributed by atoms with Crippen molar-refractivity contribution in [3.8, 4) is 0 Å². The van der Waals surface area contributed by atoms with E-state index in [-0.39, 0.29) is 11.3 Å². The van der Waals surface area contributed by atoms with Gasteiger partial charge in [0, 0.05) is 11.1 Å². The Morgan fingerprint density at radius 2 is 2.00 bits per heavy atom. The van der Waals surface area contributed by atoms with Crippen LogP contribution in [0.15, 0.2) is 47.5 Å². The van der Waals surface area contributed by atoms with Crippen molar-refractivity contribution in [2.45, 2.75) is 17.9 Å². The molecule has 3 N–H and O–H groups in total. The van der Waals surface area contributed by atoms with E-state index in [0.29, 0.717) is 15.7 Å². The molecule has 2 rings (SSSR count). The first-order chi connectivity index (χ1) is 12.4. The highest BCUT2D eigenvalue weighted by atomic mass is 35.5. The Balaban J connectivity index is 2.01. The summed E-state index contributed by atoms with van der Waals surface area (Å²) < 4.78 is 5.21. The molecule has 1 atom stereocenters. The van der Waals surface area contributed by atoms with E-state index >= 15 is 0 Å². The Morgan fingerprint density at radius 3 is 2.65 bits per heavy atom. The van der Waals surface area contributed by atoms with Crippen LogP contribution in [0.5, 0.6) is 0 Å². The zero-order chi connectivity index (χ0) is 19.1. The van der Waals surface area contributed by atoms with Gasteiger partial charge >= 0.3 is 5.97 Å². The van der Waals surface area contributed by atoms with Crippen LogP contribution < -0.4 is 11.1 Å². The summed E-state index contributed by atoms with van der Waals surface area (Å²) in [6, 6.07) is 9.72. The number of rotatable bonds is 7. The lowest BCUT2D eigenvalue weighted by Gasteiger charge is -2.14. The minimum absolute atomic E-state index is 0.0303. The van der Waals surface area contributed by atoms with Crippen molar-refractivity contribution < 1.29 is 19.1 Å². The number of carbonyl (C=O) groups excluding carboxylic acids is 3. The van der Waals surface area contributed by atoms with Crippen LogP contribution in [0, 0.1) is 0 Å². The number of thioether (sulfide) groups is 1. The maximum Gasteiger partial charge on any atom is 0.340 e. The van der Waals surface area contributed by atoms with Gasteiger partial charge in [-0.05, 0) is 31.2 Å². The van der Waals surface area contributed by atoms with Crippen LogP contribution in [0.1, 0.15) is 17.3 Å². The van der Waals surface area contributed by atoms with Crippen molar-refractivity contribution in [2.75, 3.05) is 11.1 Å². The monoisotopic (exact) mass is 393 g/mol. The Labute approximate surface area is 159 Å². The first-order valence-corrected chi connectivity index (χ1v) is 8.86. The number of primary amides is 1. The molecule has 0 aliphatic heterocycles. The minimum atomic E-state index is -1.05. The highest BCUT2D eigenvalue weighted by Gasteiger charge is 2.21. The highest BCUT2D eigenvalue weighted by Crippen LogP contribution is 2.23. The molecule has 7 nitrogen and oxygen atoms in total. The van der Waals surface area contributed by atoms with Gasteiger partial charge in [0.15, 0.2) is 6.10 Å². The molecule has 1 aromatic heterocycles. The summed E-state index contributed by atoms with van der Waals surface area (Å²) in [6.45, 7) is 1.45. The number of anilines is 1. The third-order valence-electron chi connectivity index (χ3n) is 3.11. The molecule has 9 heteroatoms. The van der Waals surface area contributed by atoms with Gasteiger partial charge in [0.2, 0.25) is 5.91 Å². The fraction of sp³-hybridized carbons (Fsp3) is 0.176. The second-order valence-corrected chi connectivity index (χ2v) is 6.60. The summed E-state index contributed by atoms with van der Waals surface area (Å²) in [6.07, 6.45) is 0.342. The molecule has 2 aromatic rings. The average molecular weight is 394 g/mol. The van der Waals surface area contributed by atoms with Crippen LogP contribution >= 0.6 is 23.4 Å². The summed E-state index contributed by atoms with van der Waals surface area (Å²) in [5.41, 5.74) is 5.38. The van der Waals surface area contributed by atoms with E-state index in [4.69, 9.17) is 22.1 Å². The predicted octanol–water partition coefficient (Wildman–Crippen LogP) is 2.50. The smallest absolute Gasteiger partial charge is 0.340 e. The van der Waals surface area contributed by atoms with E-state index in [2.05, 4.69) is 10.3 Å². The Hall–Kier alpha value is -2.58. The van der Waals surface area contributed by atoms with Crippen LogP contribution in [0.4, 0.5) is 5.82 Å². The molecule has 1 aromatic carbocycles. The van der Waals surface area contributed by atoms with Crippen LogP contribution in [0.2, 0.25) is 5.02 Å². The molecule has 26 heavy (non-hydrogen) atoms. The van der Waals surface area contributed by atoms with Crippen molar-refractivity contribution in [2.24, 2.45) is 5.73 Å². The van der Waals surface area contributed by atoms with Crippen molar-refractivity contribution in [1.82, 2.24) is 4.98 Å². The average Bonchev–Trinajstić information content (AvgIpc) is 2.62. The molecule has 0 aliphatic rings. The maximum atomic E-state index is 12.4. The molecule has 1 unspecified atom stereocenters. The molecule has 0 spiro atoms. The van der Waals surface area contributed by atoms with E-state index in [1.54, 1.807) is 30.3 Å². The summed E-state index contributed by atoms with van der Waals surface area (Å²) in [5, 5.41) is 2.97. The molecule has 0 radical (unpaired) electrons. The highest BCUT2D eigenvalue weighted by molar-refractivity contribution is 8.00. The quantitative estimate of drug-likeness (QED) is 0.552. The number of hydrogen-bond donors (Lipinski definition) is 2. The number of halogens is 1. The van der Waals surface area contributed by atoms with Gasteiger partial charge in [0.1, 0.15) is 5.82 Å². The van der Waals surface area contributed by atoms with Gasteiger partial charge in [-0.1, -0.05) is 23.7 Å². The van der Waals surface area contributed by atoms with Gasteiger partial charge in [-0.2, -0.15) is 0 Å². The third kappa shape index (κ3) is 5.75. The third-order valence-corrected chi connectivity index (χ3v) is 4.43. The lowest BCUT2D eigenvalue weighted by Crippen LogP contribution is -2.30. The number of nitrogens with two attached hydrogens (primary N) is 1. The van der Waals surface area contributed by atoms with E-state index in [9.17, 15) is 14.4 Å². The molecule has 0 saturated heterocycles. The Bertz CT molecular complexity index is 814. The number of nitrogens with zero attached hydrogens (tertiary/aromatic N) is 1. The van der Waals surface area contributed by atoms with Gasteiger partial charge in [-0.3, -0.25) is 9.59 Å². The van der Waals surface area contributed by atoms with E-state index in [1.165, 1.54) is 19.2 Å². The topological polar surface area (TPSA) is 111 Å². The number of aromatic nitrogens is 1. The first-order valence-electron chi connectivity index (χ1n) is 7.50. The molecule has 1 heterocycles. The number of hydrogen-bond acceptors (Lipinski definition) is 6. The molecule has 136 valence electrons. The van der Waals surface area contributed by atoms with E-state index in [0.717, 1.165) is 11.8 Å². The van der Waals surface area contributed by atoms with Crippen molar-refractivity contribution in [1.29, 1.82) is 0 Å². The molecular formula is C17H16ClN3O4S. The number of benzene rings is 1. The number of amides is 2.